The highest BCUT2D eigenvalue weighted by molar-refractivity contribution is 5.93. The monoisotopic (exact) mass is 216 g/mol. The lowest BCUT2D eigenvalue weighted by Crippen LogP contribution is -2.30. The van der Waals surface area contributed by atoms with Crippen molar-refractivity contribution in [1.29, 1.82) is 0 Å². The maximum absolute atomic E-state index is 11.8. The van der Waals surface area contributed by atoms with E-state index in [0.717, 1.165) is 30.6 Å². The van der Waals surface area contributed by atoms with Crippen molar-refractivity contribution in [2.75, 3.05) is 13.1 Å². The highest BCUT2D eigenvalue weighted by Gasteiger charge is 2.10. The van der Waals surface area contributed by atoms with E-state index in [0.29, 0.717) is 6.54 Å². The Kier molecular flexibility index (Phi) is 3.72. The van der Waals surface area contributed by atoms with Gasteiger partial charge >= 0.3 is 0 Å². The highest BCUT2D eigenvalue weighted by atomic mass is 16.1. The Morgan fingerprint density at radius 1 is 1.31 bits per heavy atom. The minimum Gasteiger partial charge on any atom is -0.348 e. The van der Waals surface area contributed by atoms with Crippen LogP contribution in [-0.4, -0.2) is 19.0 Å². The topological polar surface area (TPSA) is 41.1 Å². The summed E-state index contributed by atoms with van der Waals surface area (Å²) in [5.74, 6) is 0.0605. The van der Waals surface area contributed by atoms with Gasteiger partial charge in [-0.2, -0.15) is 0 Å². The van der Waals surface area contributed by atoms with Gasteiger partial charge in [0.25, 0.3) is 0 Å². The van der Waals surface area contributed by atoms with Crippen molar-refractivity contribution >= 4 is 5.91 Å². The molecule has 84 valence electrons. The lowest BCUT2D eigenvalue weighted by atomic mass is 10.1. The van der Waals surface area contributed by atoms with Crippen molar-refractivity contribution in [2.24, 2.45) is 0 Å². The Labute approximate surface area is 95.6 Å². The Hall–Kier alpha value is -1.61. The molecule has 0 aliphatic carbocycles. The van der Waals surface area contributed by atoms with E-state index in [2.05, 4.69) is 10.6 Å². The van der Waals surface area contributed by atoms with Crippen LogP contribution in [0.5, 0.6) is 0 Å². The molecule has 0 aromatic heterocycles. The van der Waals surface area contributed by atoms with Crippen molar-refractivity contribution in [2.45, 2.75) is 13.0 Å². The third-order valence-corrected chi connectivity index (χ3v) is 2.65. The van der Waals surface area contributed by atoms with Crippen molar-refractivity contribution in [3.63, 3.8) is 0 Å². The number of hydrogen-bond donors (Lipinski definition) is 2. The first-order chi connectivity index (χ1) is 7.86. The Bertz CT molecular complexity index is 384. The molecule has 0 bridgehead atoms. The molecule has 3 nitrogen and oxygen atoms in total. The van der Waals surface area contributed by atoms with Crippen LogP contribution in [0.15, 0.2) is 42.0 Å². The molecular weight excluding hydrogens is 200 g/mol. The second kappa shape index (κ2) is 5.47. The minimum atomic E-state index is 0.0605. The third-order valence-electron chi connectivity index (χ3n) is 2.65. The fraction of sp³-hybridized carbons (Fsp3) is 0.308. The van der Waals surface area contributed by atoms with Crippen LogP contribution in [-0.2, 0) is 11.3 Å². The number of amides is 1. The molecule has 1 aliphatic rings. The third kappa shape index (κ3) is 2.94. The average Bonchev–Trinajstić information content (AvgIpc) is 2.38. The molecular formula is C13H16N2O. The van der Waals surface area contributed by atoms with Crippen LogP contribution in [0.1, 0.15) is 12.0 Å². The van der Waals surface area contributed by atoms with Crippen LogP contribution in [0.4, 0.5) is 0 Å². The van der Waals surface area contributed by atoms with Crippen LogP contribution in [0.25, 0.3) is 0 Å². The van der Waals surface area contributed by atoms with Crippen molar-refractivity contribution < 1.29 is 4.79 Å². The molecule has 1 heterocycles. The van der Waals surface area contributed by atoms with E-state index in [1.807, 2.05) is 36.4 Å². The van der Waals surface area contributed by atoms with Gasteiger partial charge < -0.3 is 10.6 Å². The number of benzene rings is 1. The summed E-state index contributed by atoms with van der Waals surface area (Å²) in [6.45, 7) is 2.29. The van der Waals surface area contributed by atoms with Crippen molar-refractivity contribution in [3.8, 4) is 0 Å². The molecule has 2 rings (SSSR count). The first-order valence-electron chi connectivity index (χ1n) is 5.58. The zero-order chi connectivity index (χ0) is 11.2. The van der Waals surface area contributed by atoms with E-state index >= 15 is 0 Å². The maximum Gasteiger partial charge on any atom is 0.247 e. The number of carbonyl (C=O) groups is 1. The molecule has 16 heavy (non-hydrogen) atoms. The summed E-state index contributed by atoms with van der Waals surface area (Å²) in [5, 5.41) is 6.12. The van der Waals surface area contributed by atoms with Crippen molar-refractivity contribution in [3.05, 3.63) is 47.5 Å². The summed E-state index contributed by atoms with van der Waals surface area (Å²) in [6.07, 6.45) is 2.78. The lowest BCUT2D eigenvalue weighted by Gasteiger charge is -2.13. The normalized spacial score (nSPS) is 15.4. The second-order valence-corrected chi connectivity index (χ2v) is 3.85. The van der Waals surface area contributed by atoms with Gasteiger partial charge in [-0.15, -0.1) is 0 Å². The maximum atomic E-state index is 11.8. The van der Waals surface area contributed by atoms with Gasteiger partial charge in [0, 0.05) is 18.7 Å². The Morgan fingerprint density at radius 3 is 2.81 bits per heavy atom. The van der Waals surface area contributed by atoms with E-state index in [9.17, 15) is 4.79 Å². The van der Waals surface area contributed by atoms with Crippen LogP contribution < -0.4 is 10.6 Å². The van der Waals surface area contributed by atoms with Crippen LogP contribution >= 0.6 is 0 Å². The van der Waals surface area contributed by atoms with Gasteiger partial charge in [-0.1, -0.05) is 36.4 Å². The zero-order valence-corrected chi connectivity index (χ0v) is 9.20. The molecule has 0 unspecified atom stereocenters. The van der Waals surface area contributed by atoms with Gasteiger partial charge in [0.15, 0.2) is 0 Å². The van der Waals surface area contributed by atoms with Crippen LogP contribution in [0, 0.1) is 0 Å². The summed E-state index contributed by atoms with van der Waals surface area (Å²) in [6, 6.07) is 9.95. The van der Waals surface area contributed by atoms with Gasteiger partial charge in [0.1, 0.15) is 0 Å². The van der Waals surface area contributed by atoms with Gasteiger partial charge in [0.05, 0.1) is 0 Å². The molecule has 1 amide bonds. The molecule has 0 radical (unpaired) electrons. The molecule has 2 N–H and O–H groups in total. The average molecular weight is 216 g/mol. The van der Waals surface area contributed by atoms with Gasteiger partial charge in [-0.05, 0) is 18.5 Å². The Morgan fingerprint density at radius 2 is 2.12 bits per heavy atom. The Balaban J connectivity index is 1.86. The molecule has 0 saturated heterocycles. The van der Waals surface area contributed by atoms with Gasteiger partial charge in [-0.3, -0.25) is 4.79 Å². The van der Waals surface area contributed by atoms with E-state index in [1.54, 1.807) is 0 Å². The fourth-order valence-corrected chi connectivity index (χ4v) is 1.72. The second-order valence-electron chi connectivity index (χ2n) is 3.85. The lowest BCUT2D eigenvalue weighted by molar-refractivity contribution is -0.117. The van der Waals surface area contributed by atoms with Gasteiger partial charge in [-0.25, -0.2) is 0 Å². The molecule has 3 heteroatoms. The molecule has 1 aromatic carbocycles. The van der Waals surface area contributed by atoms with Crippen LogP contribution in [0.3, 0.4) is 0 Å². The quantitative estimate of drug-likeness (QED) is 0.797. The highest BCUT2D eigenvalue weighted by Crippen LogP contribution is 2.05. The van der Waals surface area contributed by atoms with E-state index in [4.69, 9.17) is 0 Å². The summed E-state index contributed by atoms with van der Waals surface area (Å²) in [7, 11) is 0. The SMILES string of the molecule is O=C(NCc1ccccc1)C1=CCNCC1. The first kappa shape index (κ1) is 10.9. The number of hydrogen-bond acceptors (Lipinski definition) is 2. The number of carbonyl (C=O) groups excluding carboxylic acids is 1. The predicted octanol–water partition coefficient (Wildman–Crippen LogP) is 1.22. The summed E-state index contributed by atoms with van der Waals surface area (Å²) >= 11 is 0. The van der Waals surface area contributed by atoms with E-state index < -0.39 is 0 Å². The molecule has 0 fully saturated rings. The zero-order valence-electron chi connectivity index (χ0n) is 9.20. The van der Waals surface area contributed by atoms with Crippen LogP contribution in [0.2, 0.25) is 0 Å². The summed E-state index contributed by atoms with van der Waals surface area (Å²) in [4.78, 5) is 11.8. The molecule has 0 atom stereocenters. The smallest absolute Gasteiger partial charge is 0.247 e. The predicted molar refractivity (Wildman–Crippen MR) is 63.9 cm³/mol. The minimum absolute atomic E-state index is 0.0605. The molecule has 0 spiro atoms. The van der Waals surface area contributed by atoms with Crippen molar-refractivity contribution in [1.82, 2.24) is 10.6 Å². The first-order valence-corrected chi connectivity index (χ1v) is 5.58. The number of rotatable bonds is 3. The van der Waals surface area contributed by atoms with E-state index in [1.165, 1.54) is 0 Å². The fourth-order valence-electron chi connectivity index (χ4n) is 1.72. The number of nitrogens with one attached hydrogen (secondary N) is 2. The summed E-state index contributed by atoms with van der Waals surface area (Å²) < 4.78 is 0. The largest absolute Gasteiger partial charge is 0.348 e. The molecule has 1 aromatic rings. The van der Waals surface area contributed by atoms with Gasteiger partial charge in [0.2, 0.25) is 5.91 Å². The molecule has 0 saturated carbocycles. The summed E-state index contributed by atoms with van der Waals surface area (Å²) in [5.41, 5.74) is 2.03. The molecule has 1 aliphatic heterocycles. The standard InChI is InChI=1S/C13H16N2O/c16-13(12-6-8-14-9-7-12)15-10-11-4-2-1-3-5-11/h1-6,14H,7-10H2,(H,15,16). The van der Waals surface area contributed by atoms with E-state index in [-0.39, 0.29) is 5.91 Å².